The first kappa shape index (κ1) is 42.2. The number of nitrogens with one attached hydrogen (secondary N) is 1. The molecule has 0 fully saturated rings. The molecule has 1 radical (unpaired) electrons. The molecule has 6 bridgehead atoms. The summed E-state index contributed by atoms with van der Waals surface area (Å²) in [5.74, 6) is 0. The van der Waals surface area contributed by atoms with Crippen molar-refractivity contribution in [2.24, 2.45) is 0 Å². The maximum atomic E-state index is 4.12. The maximum absolute atomic E-state index is 4.12. The molecule has 1 N–H and O–H groups in total. The predicted molar refractivity (Wildman–Crippen MR) is 296 cm³/mol. The highest BCUT2D eigenvalue weighted by atomic mass is 15.2. The molecule has 0 amide bonds. The molecule has 2 aliphatic carbocycles. The first-order valence-corrected chi connectivity index (χ1v) is 25.0. The Bertz CT molecular complexity index is 3610. The molecule has 335 valence electrons. The molecule has 9 aromatic rings. The number of hydrogen-bond acceptors (Lipinski definition) is 2. The summed E-state index contributed by atoms with van der Waals surface area (Å²) in [5.41, 5.74) is 29.0. The third-order valence-corrected chi connectivity index (χ3v) is 16.1. The van der Waals surface area contributed by atoms with E-state index >= 15 is 0 Å². The van der Waals surface area contributed by atoms with Crippen LogP contribution in [0.1, 0.15) is 83.7 Å². The third kappa shape index (κ3) is 6.13. The van der Waals surface area contributed by atoms with Crippen molar-refractivity contribution in [1.82, 2.24) is 0 Å². The Morgan fingerprint density at radius 3 is 1.81 bits per heavy atom. The summed E-state index contributed by atoms with van der Waals surface area (Å²) < 4.78 is 0. The molecule has 0 atom stereocenters. The summed E-state index contributed by atoms with van der Waals surface area (Å²) in [5, 5.41) is 4.12. The van der Waals surface area contributed by atoms with Crippen LogP contribution >= 0.6 is 0 Å². The molecular formula is C67H54BN2. The monoisotopic (exact) mass is 897 g/mol. The number of aryl methyl sites for hydroxylation is 2. The third-order valence-electron chi connectivity index (χ3n) is 16.1. The summed E-state index contributed by atoms with van der Waals surface area (Å²) >= 11 is 0. The van der Waals surface area contributed by atoms with E-state index in [0.29, 0.717) is 0 Å². The van der Waals surface area contributed by atoms with Crippen LogP contribution in [0.4, 0.5) is 17.1 Å². The number of nitrogens with zero attached hydrogens (tertiary/aromatic N) is 1. The number of anilines is 3. The van der Waals surface area contributed by atoms with Gasteiger partial charge in [-0.1, -0.05) is 201 Å². The Morgan fingerprint density at radius 1 is 0.486 bits per heavy atom. The number of rotatable bonds is 5. The van der Waals surface area contributed by atoms with Crippen LogP contribution in [0.25, 0.3) is 50.1 Å². The van der Waals surface area contributed by atoms with E-state index < -0.39 is 5.41 Å². The minimum absolute atomic E-state index is 0.320. The molecule has 0 unspecified atom stereocenters. The minimum Gasteiger partial charge on any atom is -0.427 e. The summed E-state index contributed by atoms with van der Waals surface area (Å²) in [4.78, 5) is 2.76. The van der Waals surface area contributed by atoms with E-state index in [9.17, 15) is 0 Å². The Hall–Kier alpha value is -7.88. The molecule has 2 heterocycles. The molecular weight excluding hydrogens is 844 g/mol. The average molecular weight is 898 g/mol. The lowest BCUT2D eigenvalue weighted by atomic mass is 9.60. The van der Waals surface area contributed by atoms with E-state index in [4.69, 9.17) is 0 Å². The zero-order chi connectivity index (χ0) is 47.3. The van der Waals surface area contributed by atoms with Gasteiger partial charge in [-0.25, -0.2) is 0 Å². The molecule has 0 saturated carbocycles. The van der Waals surface area contributed by atoms with Crippen LogP contribution in [0.2, 0.25) is 0 Å². The fourth-order valence-electron chi connectivity index (χ4n) is 12.9. The molecule has 2 aliphatic heterocycles. The number of hydrogen-bond donors (Lipinski definition) is 1. The molecule has 13 rings (SSSR count). The second-order valence-corrected chi connectivity index (χ2v) is 20.4. The Balaban J connectivity index is 1.30. The van der Waals surface area contributed by atoms with E-state index in [1.165, 1.54) is 128 Å². The van der Waals surface area contributed by atoms with Crippen LogP contribution in [0, 0.1) is 13.8 Å². The van der Waals surface area contributed by atoms with Crippen molar-refractivity contribution in [2.45, 2.75) is 58.3 Å². The summed E-state index contributed by atoms with van der Waals surface area (Å²) in [6.45, 7) is 11.8. The molecule has 9 aromatic carbocycles. The van der Waals surface area contributed by atoms with E-state index in [2.05, 4.69) is 258 Å². The maximum Gasteiger partial charge on any atom is 0.285 e. The quantitative estimate of drug-likeness (QED) is 0.173. The number of para-hydroxylation sites is 1. The van der Waals surface area contributed by atoms with Crippen LogP contribution in [-0.4, -0.2) is 7.41 Å². The molecule has 70 heavy (non-hydrogen) atoms. The normalized spacial score (nSPS) is 15.6. The molecule has 0 saturated heterocycles. The van der Waals surface area contributed by atoms with Crippen molar-refractivity contribution >= 4 is 35.5 Å². The highest BCUT2D eigenvalue weighted by molar-refractivity contribution is 6.61. The number of fused-ring (bicyclic) bond motifs is 6. The van der Waals surface area contributed by atoms with Gasteiger partial charge in [0.05, 0.1) is 11.1 Å². The van der Waals surface area contributed by atoms with Crippen LogP contribution in [-0.2, 0) is 10.8 Å². The van der Waals surface area contributed by atoms with E-state index in [0.717, 1.165) is 18.5 Å². The Kier molecular flexibility index (Phi) is 9.72. The zero-order valence-corrected chi connectivity index (χ0v) is 40.6. The smallest absolute Gasteiger partial charge is 0.285 e. The van der Waals surface area contributed by atoms with Gasteiger partial charge in [-0.05, 0) is 152 Å². The molecule has 0 aromatic heterocycles. The van der Waals surface area contributed by atoms with Gasteiger partial charge in [0.2, 0.25) is 0 Å². The van der Waals surface area contributed by atoms with Crippen molar-refractivity contribution in [3.8, 4) is 44.5 Å². The molecule has 0 spiro atoms. The van der Waals surface area contributed by atoms with Crippen molar-refractivity contribution < 1.29 is 0 Å². The van der Waals surface area contributed by atoms with Gasteiger partial charge in [-0.3, -0.25) is 0 Å². The van der Waals surface area contributed by atoms with Crippen LogP contribution in [0.15, 0.2) is 218 Å². The molecule has 4 aliphatic rings. The fraction of sp³-hybridized carbons (Fsp3) is 0.134. The molecule has 3 heteroatoms. The van der Waals surface area contributed by atoms with Gasteiger partial charge in [0.15, 0.2) is 0 Å². The van der Waals surface area contributed by atoms with E-state index in [1.807, 2.05) is 0 Å². The SMILES string of the molecule is CC1=CC(c2ccccc2)=C(N2c3cc(C)c(-c4ccccc4C)cc3-c3c4cccc3C(c3ccccc3)(c3ccccc3)c3ccccc3N[B]c3c-4cc4c(c32)C(C)(C)c2ccccc2-4)CC1. The van der Waals surface area contributed by atoms with Crippen molar-refractivity contribution in [2.75, 3.05) is 10.1 Å². The standard InChI is InChI=1S/C67H54BN2/c1-42-36-37-60(52(38-42)45-23-9-6-10-24-45)70-61-39-44(3)51(48-29-16-15-22-43(48)2)40-55(61)62-50-31-21-34-58(62)67(46-25-11-7-12-26-46,47-27-13-8-14-28-47)57-33-19-20-35-59(57)69-68-64-54(50)41-53-49-30-17-18-32-56(49)66(4,5)63(53)65(64)70/h6-35,38-41,69H,36-37H2,1-5H3. The second kappa shape index (κ2) is 16.1. The highest BCUT2D eigenvalue weighted by Crippen LogP contribution is 2.61. The fourth-order valence-corrected chi connectivity index (χ4v) is 12.9. The van der Waals surface area contributed by atoms with Crippen molar-refractivity contribution in [3.63, 3.8) is 0 Å². The van der Waals surface area contributed by atoms with Gasteiger partial charge in [-0.2, -0.15) is 0 Å². The summed E-state index contributed by atoms with van der Waals surface area (Å²) in [6.07, 6.45) is 4.33. The second-order valence-electron chi connectivity index (χ2n) is 20.4. The predicted octanol–water partition coefficient (Wildman–Crippen LogP) is 16.3. The van der Waals surface area contributed by atoms with Gasteiger partial charge in [0, 0.05) is 33.6 Å². The first-order chi connectivity index (χ1) is 34.2. The van der Waals surface area contributed by atoms with Crippen LogP contribution < -0.4 is 15.6 Å². The summed E-state index contributed by atoms with van der Waals surface area (Å²) in [6, 6.07) is 75.6. The average Bonchev–Trinajstić information content (AvgIpc) is 3.62. The lowest BCUT2D eigenvalue weighted by molar-refractivity contribution is 0.660. The van der Waals surface area contributed by atoms with E-state index in [1.54, 1.807) is 0 Å². The van der Waals surface area contributed by atoms with Crippen LogP contribution in [0.5, 0.6) is 0 Å². The van der Waals surface area contributed by atoms with Gasteiger partial charge in [-0.15, -0.1) is 0 Å². The highest BCUT2D eigenvalue weighted by Gasteiger charge is 2.47. The van der Waals surface area contributed by atoms with Gasteiger partial charge in [0.1, 0.15) is 0 Å². The number of benzene rings is 9. The van der Waals surface area contributed by atoms with E-state index in [-0.39, 0.29) is 5.41 Å². The Labute approximate surface area is 414 Å². The lowest BCUT2D eigenvalue weighted by Gasteiger charge is -2.44. The van der Waals surface area contributed by atoms with Crippen molar-refractivity contribution in [3.05, 3.63) is 268 Å². The Morgan fingerprint density at radius 2 is 1.09 bits per heavy atom. The van der Waals surface area contributed by atoms with Crippen LogP contribution in [0.3, 0.4) is 0 Å². The first-order valence-electron chi connectivity index (χ1n) is 25.0. The lowest BCUT2D eigenvalue weighted by Crippen LogP contribution is -2.39. The number of allylic oxidation sites excluding steroid dienone is 4. The van der Waals surface area contributed by atoms with Gasteiger partial charge < -0.3 is 10.1 Å². The largest absolute Gasteiger partial charge is 0.427 e. The molecule has 2 nitrogen and oxygen atoms in total. The topological polar surface area (TPSA) is 15.3 Å². The summed E-state index contributed by atoms with van der Waals surface area (Å²) in [7, 11) is 2.37. The van der Waals surface area contributed by atoms with Gasteiger partial charge in [0.25, 0.3) is 7.41 Å². The van der Waals surface area contributed by atoms with Gasteiger partial charge >= 0.3 is 0 Å². The minimum atomic E-state index is -0.759. The zero-order valence-electron chi connectivity index (χ0n) is 40.6. The van der Waals surface area contributed by atoms with Crippen molar-refractivity contribution in [1.29, 1.82) is 0 Å².